The molecule has 2 fully saturated rings. The number of carbonyl (C=O) groups is 1. The van der Waals surface area contributed by atoms with Crippen LogP contribution >= 0.6 is 0 Å². The molecule has 1 spiro atoms. The van der Waals surface area contributed by atoms with Gasteiger partial charge in [-0.05, 0) is 60.7 Å². The highest BCUT2D eigenvalue weighted by molar-refractivity contribution is 5.96. The molecule has 0 bridgehead atoms. The summed E-state index contributed by atoms with van der Waals surface area (Å²) in [5, 5.41) is 11.7. The molecule has 1 aliphatic carbocycles. The first kappa shape index (κ1) is 21.6. The molecule has 178 valence electrons. The van der Waals surface area contributed by atoms with Crippen molar-refractivity contribution < 1.29 is 19.0 Å². The Kier molecular flexibility index (Phi) is 4.97. The lowest BCUT2D eigenvalue weighted by atomic mass is 9.68. The van der Waals surface area contributed by atoms with Crippen LogP contribution in [0.25, 0.3) is 10.9 Å². The molecular formula is C27H30FN3O3. The van der Waals surface area contributed by atoms with Gasteiger partial charge in [0.1, 0.15) is 11.6 Å². The van der Waals surface area contributed by atoms with Crippen LogP contribution in [0, 0.1) is 11.7 Å². The van der Waals surface area contributed by atoms with Crippen molar-refractivity contribution in [3.63, 3.8) is 0 Å². The van der Waals surface area contributed by atoms with Gasteiger partial charge >= 0.3 is 0 Å². The van der Waals surface area contributed by atoms with Crippen LogP contribution in [0.1, 0.15) is 40.5 Å². The van der Waals surface area contributed by atoms with Crippen molar-refractivity contribution in [1.29, 1.82) is 0 Å². The van der Waals surface area contributed by atoms with Crippen LogP contribution in [0.2, 0.25) is 0 Å². The largest absolute Gasteiger partial charge is 0.497 e. The number of aliphatic hydroxyl groups is 1. The van der Waals surface area contributed by atoms with E-state index in [9.17, 15) is 14.3 Å². The smallest absolute Gasteiger partial charge is 0.254 e. The van der Waals surface area contributed by atoms with Gasteiger partial charge in [-0.2, -0.15) is 0 Å². The summed E-state index contributed by atoms with van der Waals surface area (Å²) in [7, 11) is 3.66. The SMILES string of the molecule is COc1ccc2c3c(n(C)c2c1)[C@@H](CO)N(C(=O)c1ccc(F)cc1)CC31CN(CC2CC2)C1. The van der Waals surface area contributed by atoms with Crippen molar-refractivity contribution in [2.45, 2.75) is 24.3 Å². The quantitative estimate of drug-likeness (QED) is 0.630. The molecule has 3 heterocycles. The number of fused-ring (bicyclic) bond motifs is 4. The van der Waals surface area contributed by atoms with Crippen LogP contribution in [0.3, 0.4) is 0 Å². The fourth-order valence-corrected chi connectivity index (χ4v) is 6.19. The number of likely N-dealkylation sites (tertiary alicyclic amines) is 1. The predicted molar refractivity (Wildman–Crippen MR) is 128 cm³/mol. The Balaban J connectivity index is 1.48. The number of methoxy groups -OCH3 is 1. The number of benzene rings is 2. The molecule has 1 atom stereocenters. The van der Waals surface area contributed by atoms with Crippen molar-refractivity contribution in [2.75, 3.05) is 39.9 Å². The molecule has 6 nitrogen and oxygen atoms in total. The molecule has 0 radical (unpaired) electrons. The zero-order valence-electron chi connectivity index (χ0n) is 19.6. The number of ether oxygens (including phenoxy) is 1. The third kappa shape index (κ3) is 3.25. The van der Waals surface area contributed by atoms with Crippen LogP contribution in [0.15, 0.2) is 42.5 Å². The molecule has 7 heteroatoms. The molecular weight excluding hydrogens is 433 g/mol. The highest BCUT2D eigenvalue weighted by atomic mass is 19.1. The fraction of sp³-hybridized carbons (Fsp3) is 0.444. The summed E-state index contributed by atoms with van der Waals surface area (Å²) in [5.41, 5.74) is 3.52. The zero-order valence-corrected chi connectivity index (χ0v) is 19.6. The number of aromatic nitrogens is 1. The normalized spacial score (nSPS) is 21.5. The minimum absolute atomic E-state index is 0.174. The van der Waals surface area contributed by atoms with Gasteiger partial charge in [0.15, 0.2) is 0 Å². The number of aryl methyl sites for hydroxylation is 1. The molecule has 3 aromatic rings. The van der Waals surface area contributed by atoms with E-state index in [0.29, 0.717) is 12.1 Å². The Hall–Kier alpha value is -2.90. The van der Waals surface area contributed by atoms with Gasteiger partial charge in [-0.3, -0.25) is 4.79 Å². The Morgan fingerprint density at radius 2 is 1.88 bits per heavy atom. The summed E-state index contributed by atoms with van der Waals surface area (Å²) < 4.78 is 21.1. The second-order valence-electron chi connectivity index (χ2n) is 10.2. The van der Waals surface area contributed by atoms with Gasteiger partial charge in [-0.15, -0.1) is 0 Å². The van der Waals surface area contributed by atoms with Gasteiger partial charge in [-0.25, -0.2) is 4.39 Å². The van der Waals surface area contributed by atoms with Crippen LogP contribution in [0.4, 0.5) is 4.39 Å². The minimum atomic E-state index is -0.473. The summed E-state index contributed by atoms with van der Waals surface area (Å²) in [6, 6.07) is 11.3. The number of carbonyl (C=O) groups excluding carboxylic acids is 1. The van der Waals surface area contributed by atoms with E-state index < -0.39 is 6.04 Å². The van der Waals surface area contributed by atoms with Gasteiger partial charge in [0.25, 0.3) is 5.91 Å². The van der Waals surface area contributed by atoms with E-state index in [1.165, 1.54) is 42.7 Å². The van der Waals surface area contributed by atoms with Gasteiger partial charge in [-0.1, -0.05) is 0 Å². The molecule has 6 rings (SSSR count). The van der Waals surface area contributed by atoms with Crippen molar-refractivity contribution in [3.05, 3.63) is 65.1 Å². The fourth-order valence-electron chi connectivity index (χ4n) is 6.19. The summed E-state index contributed by atoms with van der Waals surface area (Å²) in [6.07, 6.45) is 2.62. The van der Waals surface area contributed by atoms with Crippen LogP contribution in [-0.4, -0.2) is 65.3 Å². The lowest BCUT2D eigenvalue weighted by Crippen LogP contribution is -2.67. The average Bonchev–Trinajstić information content (AvgIpc) is 3.60. The predicted octanol–water partition coefficient (Wildman–Crippen LogP) is 3.48. The van der Waals surface area contributed by atoms with Crippen molar-refractivity contribution in [3.8, 4) is 5.75 Å². The molecule has 3 aliphatic rings. The Morgan fingerprint density at radius 3 is 2.53 bits per heavy atom. The van der Waals surface area contributed by atoms with Crippen LogP contribution in [-0.2, 0) is 12.5 Å². The topological polar surface area (TPSA) is 57.9 Å². The van der Waals surface area contributed by atoms with Crippen LogP contribution < -0.4 is 4.74 Å². The second kappa shape index (κ2) is 7.82. The number of hydrogen-bond donors (Lipinski definition) is 1. The van der Waals surface area contributed by atoms with Gasteiger partial charge < -0.3 is 24.2 Å². The number of hydrogen-bond acceptors (Lipinski definition) is 4. The highest BCUT2D eigenvalue weighted by Gasteiger charge is 2.54. The van der Waals surface area contributed by atoms with E-state index in [4.69, 9.17) is 4.74 Å². The molecule has 1 N–H and O–H groups in total. The first-order valence-electron chi connectivity index (χ1n) is 12.0. The zero-order chi connectivity index (χ0) is 23.6. The van der Waals surface area contributed by atoms with Crippen molar-refractivity contribution in [2.24, 2.45) is 13.0 Å². The summed E-state index contributed by atoms with van der Waals surface area (Å²) in [5.74, 6) is 1.04. The first-order chi connectivity index (χ1) is 16.4. The van der Waals surface area contributed by atoms with E-state index in [1.807, 2.05) is 19.2 Å². The Bertz CT molecular complexity index is 1260. The Labute approximate surface area is 198 Å². The van der Waals surface area contributed by atoms with Gasteiger partial charge in [0.2, 0.25) is 0 Å². The molecule has 34 heavy (non-hydrogen) atoms. The molecule has 2 aromatic carbocycles. The third-order valence-corrected chi connectivity index (χ3v) is 7.94. The monoisotopic (exact) mass is 463 g/mol. The molecule has 2 aliphatic heterocycles. The van der Waals surface area contributed by atoms with E-state index >= 15 is 0 Å². The van der Waals surface area contributed by atoms with Crippen molar-refractivity contribution >= 4 is 16.8 Å². The van der Waals surface area contributed by atoms with Gasteiger partial charge in [0.05, 0.1) is 25.3 Å². The molecule has 0 unspecified atom stereocenters. The number of rotatable bonds is 5. The van der Waals surface area contributed by atoms with Gasteiger partial charge in [0, 0.05) is 61.4 Å². The maximum absolute atomic E-state index is 13.7. The summed E-state index contributed by atoms with van der Waals surface area (Å²) in [6.45, 7) is 3.27. The van der Waals surface area contributed by atoms with E-state index in [0.717, 1.165) is 47.9 Å². The lowest BCUT2D eigenvalue weighted by molar-refractivity contribution is -0.00309. The lowest BCUT2D eigenvalue weighted by Gasteiger charge is -2.56. The second-order valence-corrected chi connectivity index (χ2v) is 10.2. The number of nitrogens with zero attached hydrogens (tertiary/aromatic N) is 3. The van der Waals surface area contributed by atoms with Crippen molar-refractivity contribution in [1.82, 2.24) is 14.4 Å². The highest BCUT2D eigenvalue weighted by Crippen LogP contribution is 2.50. The Morgan fingerprint density at radius 1 is 1.15 bits per heavy atom. The molecule has 1 aromatic heterocycles. The first-order valence-corrected chi connectivity index (χ1v) is 12.0. The van der Waals surface area contributed by atoms with E-state index in [-0.39, 0.29) is 23.7 Å². The molecule has 1 amide bonds. The molecule has 1 saturated heterocycles. The third-order valence-electron chi connectivity index (χ3n) is 7.94. The van der Waals surface area contributed by atoms with E-state index in [2.05, 4.69) is 15.5 Å². The number of aliphatic hydroxyl groups excluding tert-OH is 1. The minimum Gasteiger partial charge on any atom is -0.497 e. The van der Waals surface area contributed by atoms with E-state index in [1.54, 1.807) is 12.0 Å². The maximum Gasteiger partial charge on any atom is 0.254 e. The summed E-state index contributed by atoms with van der Waals surface area (Å²) >= 11 is 0. The summed E-state index contributed by atoms with van der Waals surface area (Å²) in [4.78, 5) is 18.0. The van der Waals surface area contributed by atoms with Crippen LogP contribution in [0.5, 0.6) is 5.75 Å². The standard InChI is InChI=1S/C27H30FN3O3/c1-29-22-11-20(34-2)9-10-21(22)24-25(29)23(13-32)31(26(33)18-5-7-19(28)8-6-18)16-27(24)14-30(15-27)12-17-3-4-17/h5-11,17,23,32H,3-4,12-16H2,1-2H3/t23-/m1/s1. The molecule has 1 saturated carbocycles. The average molecular weight is 464 g/mol. The number of amides is 1. The maximum atomic E-state index is 13.7. The number of halogens is 1.